The molecule has 7 heteroatoms. The second kappa shape index (κ2) is 13.0. The molecule has 6 nitrogen and oxygen atoms in total. The number of carboxylic acid groups (broad SMARTS) is 1. The number of rotatable bonds is 6. The van der Waals surface area contributed by atoms with Gasteiger partial charge >= 0.3 is 5.97 Å². The van der Waals surface area contributed by atoms with Gasteiger partial charge in [-0.15, -0.1) is 0 Å². The van der Waals surface area contributed by atoms with Crippen molar-refractivity contribution in [1.29, 1.82) is 5.26 Å². The van der Waals surface area contributed by atoms with Crippen molar-refractivity contribution in [3.05, 3.63) is 89.2 Å². The molecule has 1 aliphatic rings. The fourth-order valence-corrected chi connectivity index (χ4v) is 4.03. The van der Waals surface area contributed by atoms with Crippen LogP contribution < -0.4 is 5.32 Å². The lowest BCUT2D eigenvalue weighted by atomic mass is 9.90. The lowest BCUT2D eigenvalue weighted by Gasteiger charge is -2.16. The Hall–Kier alpha value is -4.31. The molecular formula is C29H27FN2O4. The van der Waals surface area contributed by atoms with E-state index in [0.717, 1.165) is 37.5 Å². The van der Waals surface area contributed by atoms with Crippen LogP contribution >= 0.6 is 0 Å². The number of hydrogen-bond donors (Lipinski definition) is 2. The molecule has 0 bridgehead atoms. The minimum atomic E-state index is -0.602. The van der Waals surface area contributed by atoms with Crippen LogP contribution in [-0.4, -0.2) is 23.3 Å². The molecule has 3 aromatic carbocycles. The minimum Gasteiger partial charge on any atom is -0.481 e. The third-order valence-corrected chi connectivity index (χ3v) is 6.00. The zero-order valence-corrected chi connectivity index (χ0v) is 19.7. The van der Waals surface area contributed by atoms with E-state index >= 15 is 0 Å². The van der Waals surface area contributed by atoms with E-state index in [1.165, 1.54) is 18.6 Å². The number of nitrogens with one attached hydrogen (secondary N) is 1. The molecule has 36 heavy (non-hydrogen) atoms. The van der Waals surface area contributed by atoms with E-state index in [1.807, 2.05) is 6.07 Å². The predicted molar refractivity (Wildman–Crippen MR) is 135 cm³/mol. The lowest BCUT2D eigenvalue weighted by molar-refractivity contribution is -0.142. The summed E-state index contributed by atoms with van der Waals surface area (Å²) in [6, 6.07) is 20.1. The van der Waals surface area contributed by atoms with Crippen LogP contribution in [0.15, 0.2) is 66.7 Å². The molecule has 0 heterocycles. The number of hydrogen-bond acceptors (Lipinski definition) is 4. The van der Waals surface area contributed by atoms with Crippen molar-refractivity contribution in [1.82, 2.24) is 0 Å². The summed E-state index contributed by atoms with van der Waals surface area (Å²) in [5.41, 5.74) is 3.19. The first-order chi connectivity index (χ1) is 17.4. The average Bonchev–Trinajstić information content (AvgIpc) is 2.91. The van der Waals surface area contributed by atoms with Crippen LogP contribution in [0.5, 0.6) is 0 Å². The van der Waals surface area contributed by atoms with Crippen LogP contribution in [-0.2, 0) is 16.0 Å². The summed E-state index contributed by atoms with van der Waals surface area (Å²) in [5.74, 6) is -1.55. The zero-order valence-electron chi connectivity index (χ0n) is 19.7. The quantitative estimate of drug-likeness (QED) is 0.415. The van der Waals surface area contributed by atoms with Crippen LogP contribution in [0.2, 0.25) is 0 Å². The highest BCUT2D eigenvalue weighted by Gasteiger charge is 2.19. The van der Waals surface area contributed by atoms with E-state index in [2.05, 4.69) is 5.32 Å². The molecule has 3 aromatic rings. The maximum atomic E-state index is 14.4. The van der Waals surface area contributed by atoms with Gasteiger partial charge in [-0.25, -0.2) is 4.39 Å². The number of carbonyl (C=O) groups excluding carboxylic acids is 2. The van der Waals surface area contributed by atoms with Gasteiger partial charge in [0.1, 0.15) is 12.1 Å². The Bertz CT molecular complexity index is 1260. The number of benzene rings is 3. The van der Waals surface area contributed by atoms with E-state index in [4.69, 9.17) is 10.4 Å². The molecular weight excluding hydrogens is 459 g/mol. The van der Waals surface area contributed by atoms with Gasteiger partial charge in [0.2, 0.25) is 5.91 Å². The summed E-state index contributed by atoms with van der Waals surface area (Å²) in [6.45, 7) is 0. The number of aldehydes is 1. The number of anilines is 1. The number of aliphatic carboxylic acids is 1. The highest BCUT2D eigenvalue weighted by Crippen LogP contribution is 2.25. The first kappa shape index (κ1) is 26.3. The van der Waals surface area contributed by atoms with Crippen molar-refractivity contribution >= 4 is 23.9 Å². The number of nitrogens with zero attached hydrogens (tertiary/aromatic N) is 1. The third kappa shape index (κ3) is 7.60. The van der Waals surface area contributed by atoms with E-state index in [-0.39, 0.29) is 23.9 Å². The molecule has 1 aliphatic carbocycles. The fourth-order valence-electron chi connectivity index (χ4n) is 4.03. The Morgan fingerprint density at radius 3 is 2.28 bits per heavy atom. The van der Waals surface area contributed by atoms with Gasteiger partial charge in [-0.2, -0.15) is 5.26 Å². The second-order valence-electron chi connectivity index (χ2n) is 8.64. The lowest BCUT2D eigenvalue weighted by Crippen LogP contribution is -2.16. The van der Waals surface area contributed by atoms with Gasteiger partial charge in [0, 0.05) is 5.56 Å². The Morgan fingerprint density at radius 2 is 1.69 bits per heavy atom. The van der Waals surface area contributed by atoms with Gasteiger partial charge in [-0.05, 0) is 53.8 Å². The van der Waals surface area contributed by atoms with Crippen LogP contribution in [0.3, 0.4) is 0 Å². The molecule has 2 N–H and O–H groups in total. The average molecular weight is 487 g/mol. The largest absolute Gasteiger partial charge is 0.481 e. The van der Waals surface area contributed by atoms with Gasteiger partial charge < -0.3 is 10.4 Å². The first-order valence-electron chi connectivity index (χ1n) is 11.8. The van der Waals surface area contributed by atoms with Crippen LogP contribution in [0.1, 0.15) is 53.6 Å². The summed E-state index contributed by atoms with van der Waals surface area (Å²) in [4.78, 5) is 33.2. The van der Waals surface area contributed by atoms with Gasteiger partial charge in [-0.3, -0.25) is 14.4 Å². The van der Waals surface area contributed by atoms with Crippen LogP contribution in [0.25, 0.3) is 11.1 Å². The number of carbonyl (C=O) groups is 3. The maximum Gasteiger partial charge on any atom is 0.306 e. The molecule has 4 rings (SSSR count). The number of carboxylic acids is 1. The van der Waals surface area contributed by atoms with E-state index in [1.54, 1.807) is 54.6 Å². The molecule has 0 aromatic heterocycles. The summed E-state index contributed by atoms with van der Waals surface area (Å²) in [5, 5.41) is 20.0. The van der Waals surface area contributed by atoms with Crippen LogP contribution in [0, 0.1) is 23.1 Å². The number of amides is 1. The van der Waals surface area contributed by atoms with Crippen molar-refractivity contribution in [3.63, 3.8) is 0 Å². The topological polar surface area (TPSA) is 107 Å². The molecule has 0 saturated heterocycles. The molecule has 1 amide bonds. The molecule has 1 saturated carbocycles. The normalized spacial score (nSPS) is 13.0. The smallest absolute Gasteiger partial charge is 0.306 e. The molecule has 0 unspecified atom stereocenters. The van der Waals surface area contributed by atoms with E-state index in [0.29, 0.717) is 22.3 Å². The molecule has 0 aliphatic heterocycles. The maximum absolute atomic E-state index is 14.4. The number of halogens is 1. The predicted octanol–water partition coefficient (Wildman–Crippen LogP) is 6.01. The number of nitriles is 1. The van der Waals surface area contributed by atoms with Gasteiger partial charge in [0.25, 0.3) is 0 Å². The van der Waals surface area contributed by atoms with Gasteiger partial charge in [-0.1, -0.05) is 61.7 Å². The van der Waals surface area contributed by atoms with Crippen molar-refractivity contribution in [2.75, 3.05) is 5.32 Å². The van der Waals surface area contributed by atoms with E-state index < -0.39 is 11.8 Å². The Morgan fingerprint density at radius 1 is 1.00 bits per heavy atom. The highest BCUT2D eigenvalue weighted by molar-refractivity contribution is 5.92. The van der Waals surface area contributed by atoms with Gasteiger partial charge in [0.15, 0.2) is 0 Å². The molecule has 184 valence electrons. The van der Waals surface area contributed by atoms with Crippen molar-refractivity contribution in [2.24, 2.45) is 5.92 Å². The Balaban J connectivity index is 0.000000338. The minimum absolute atomic E-state index is 0.0289. The first-order valence-corrected chi connectivity index (χ1v) is 11.8. The monoisotopic (exact) mass is 486 g/mol. The van der Waals surface area contributed by atoms with Crippen molar-refractivity contribution in [3.8, 4) is 17.2 Å². The Kier molecular flexibility index (Phi) is 9.47. The summed E-state index contributed by atoms with van der Waals surface area (Å²) in [7, 11) is 0. The van der Waals surface area contributed by atoms with Crippen LogP contribution in [0.4, 0.5) is 10.1 Å². The summed E-state index contributed by atoms with van der Waals surface area (Å²) in [6.07, 6.45) is 6.03. The molecule has 0 atom stereocenters. The Labute approximate surface area is 209 Å². The molecule has 0 spiro atoms. The molecule has 1 fully saturated rings. The standard InChI is InChI=1S/C22H15FN2O2.C7H12O2/c23-20-12-19(18-6-4-15(14-26)5-7-18)8-9-21(20)25-22(27)11-16-2-1-3-17(10-16)13-24;8-7(9)6-4-2-1-3-5-6/h1-10,12,14H,11H2,(H,25,27);6H,1-5H2,(H,8,9). The highest BCUT2D eigenvalue weighted by atomic mass is 19.1. The van der Waals surface area contributed by atoms with Crippen molar-refractivity contribution < 1.29 is 23.9 Å². The molecule has 0 radical (unpaired) electrons. The summed E-state index contributed by atoms with van der Waals surface area (Å²) < 4.78 is 14.4. The SMILES string of the molecule is N#Cc1cccc(CC(=O)Nc2ccc(-c3ccc(C=O)cc3)cc2F)c1.O=C(O)C1CCCCC1. The van der Waals surface area contributed by atoms with Gasteiger partial charge in [0.05, 0.1) is 29.7 Å². The van der Waals surface area contributed by atoms with Crippen molar-refractivity contribution in [2.45, 2.75) is 38.5 Å². The fraction of sp³-hybridized carbons (Fsp3) is 0.241. The zero-order chi connectivity index (χ0) is 25.9. The summed E-state index contributed by atoms with van der Waals surface area (Å²) >= 11 is 0. The third-order valence-electron chi connectivity index (χ3n) is 6.00. The second-order valence-corrected chi connectivity index (χ2v) is 8.64. The van der Waals surface area contributed by atoms with E-state index in [9.17, 15) is 18.8 Å².